The summed E-state index contributed by atoms with van der Waals surface area (Å²) in [4.78, 5) is 37.7. The molecule has 1 aromatic heterocycles. The molecular formula is C17H17N3O5. The van der Waals surface area contributed by atoms with E-state index in [-0.39, 0.29) is 30.0 Å². The van der Waals surface area contributed by atoms with Gasteiger partial charge in [0.15, 0.2) is 5.78 Å². The smallest absolute Gasteiger partial charge is 0.269 e. The second kappa shape index (κ2) is 8.09. The maximum absolute atomic E-state index is 12.5. The standard InChI is InChI=1S/C17H17N3O5/c1-2-16(20(24)25)14(11-17(21)15-5-3-4-10-18-15)12-6-8-13(9-7-12)19(22)23/h3-10,14,16H,2,11H2,1H3/t14-,16+/m0/s1. The summed E-state index contributed by atoms with van der Waals surface area (Å²) in [5.41, 5.74) is 0.666. The molecule has 0 aliphatic carbocycles. The number of pyridine rings is 1. The van der Waals surface area contributed by atoms with Crippen molar-refractivity contribution < 1.29 is 14.6 Å². The quantitative estimate of drug-likeness (QED) is 0.412. The van der Waals surface area contributed by atoms with Gasteiger partial charge in [0.1, 0.15) is 5.69 Å². The Labute approximate surface area is 143 Å². The average Bonchev–Trinajstić information content (AvgIpc) is 2.62. The van der Waals surface area contributed by atoms with Gasteiger partial charge in [-0.2, -0.15) is 0 Å². The van der Waals surface area contributed by atoms with Crippen molar-refractivity contribution in [2.24, 2.45) is 0 Å². The number of nitro benzene ring substituents is 1. The zero-order valence-corrected chi connectivity index (χ0v) is 13.6. The number of hydrogen-bond acceptors (Lipinski definition) is 6. The zero-order valence-electron chi connectivity index (χ0n) is 13.6. The Balaban J connectivity index is 2.34. The number of ketones is 1. The van der Waals surface area contributed by atoms with Gasteiger partial charge in [-0.1, -0.05) is 25.1 Å². The van der Waals surface area contributed by atoms with E-state index in [1.165, 1.54) is 30.5 Å². The van der Waals surface area contributed by atoms with Gasteiger partial charge in [-0.3, -0.25) is 30.0 Å². The molecule has 0 amide bonds. The van der Waals surface area contributed by atoms with Crippen LogP contribution in [0.1, 0.15) is 41.7 Å². The SMILES string of the molecule is CC[C@H]([C@@H](CC(=O)c1ccccn1)c1ccc([N+](=O)[O-])cc1)[N+](=O)[O-]. The molecule has 2 rings (SSSR count). The van der Waals surface area contributed by atoms with Crippen LogP contribution >= 0.6 is 0 Å². The highest BCUT2D eigenvalue weighted by atomic mass is 16.6. The van der Waals surface area contributed by atoms with E-state index >= 15 is 0 Å². The van der Waals surface area contributed by atoms with Crippen molar-refractivity contribution in [3.8, 4) is 0 Å². The first-order valence-electron chi connectivity index (χ1n) is 7.76. The lowest BCUT2D eigenvalue weighted by atomic mass is 9.85. The first kappa shape index (κ1) is 18.2. The number of nitrogens with zero attached hydrogens (tertiary/aromatic N) is 3. The number of benzene rings is 1. The molecule has 0 N–H and O–H groups in total. The van der Waals surface area contributed by atoms with Gasteiger partial charge in [0.05, 0.1) is 10.8 Å². The van der Waals surface area contributed by atoms with Crippen LogP contribution in [0.5, 0.6) is 0 Å². The average molecular weight is 343 g/mol. The summed E-state index contributed by atoms with van der Waals surface area (Å²) in [6.45, 7) is 1.68. The van der Waals surface area contributed by atoms with Crippen LogP contribution in [0.15, 0.2) is 48.7 Å². The molecule has 0 aliphatic heterocycles. The third-order valence-corrected chi connectivity index (χ3v) is 4.04. The largest absolute Gasteiger partial charge is 0.292 e. The van der Waals surface area contributed by atoms with Crippen LogP contribution < -0.4 is 0 Å². The fourth-order valence-corrected chi connectivity index (χ4v) is 2.73. The van der Waals surface area contributed by atoms with Crippen molar-refractivity contribution in [3.63, 3.8) is 0 Å². The summed E-state index contributed by atoms with van der Waals surface area (Å²) in [5, 5.41) is 22.2. The van der Waals surface area contributed by atoms with Crippen molar-refractivity contribution in [2.45, 2.75) is 31.7 Å². The minimum Gasteiger partial charge on any atom is -0.292 e. The highest BCUT2D eigenvalue weighted by molar-refractivity contribution is 5.94. The van der Waals surface area contributed by atoms with Gasteiger partial charge < -0.3 is 0 Å². The molecule has 2 aromatic rings. The Hall–Kier alpha value is -3.16. The molecule has 2 atom stereocenters. The van der Waals surface area contributed by atoms with E-state index in [4.69, 9.17) is 0 Å². The van der Waals surface area contributed by atoms with E-state index < -0.39 is 21.8 Å². The van der Waals surface area contributed by atoms with E-state index in [9.17, 15) is 25.0 Å². The molecule has 0 fully saturated rings. The second-order valence-electron chi connectivity index (χ2n) is 5.56. The van der Waals surface area contributed by atoms with E-state index in [2.05, 4.69) is 4.98 Å². The van der Waals surface area contributed by atoms with Gasteiger partial charge in [0.2, 0.25) is 6.04 Å². The molecule has 0 bridgehead atoms. The minimum absolute atomic E-state index is 0.0890. The Morgan fingerprint density at radius 3 is 2.28 bits per heavy atom. The Morgan fingerprint density at radius 2 is 1.80 bits per heavy atom. The van der Waals surface area contributed by atoms with Gasteiger partial charge in [0, 0.05) is 36.1 Å². The lowest BCUT2D eigenvalue weighted by Crippen LogP contribution is -2.29. The molecule has 25 heavy (non-hydrogen) atoms. The fourth-order valence-electron chi connectivity index (χ4n) is 2.73. The molecule has 1 aromatic carbocycles. The maximum atomic E-state index is 12.5. The molecule has 0 unspecified atom stereocenters. The molecule has 8 nitrogen and oxygen atoms in total. The number of aromatic nitrogens is 1. The van der Waals surface area contributed by atoms with Crippen molar-refractivity contribution in [3.05, 3.63) is 80.1 Å². The number of non-ortho nitro benzene ring substituents is 1. The molecule has 0 saturated carbocycles. The highest BCUT2D eigenvalue weighted by Crippen LogP contribution is 2.30. The summed E-state index contributed by atoms with van der Waals surface area (Å²) in [7, 11) is 0. The van der Waals surface area contributed by atoms with E-state index in [1.807, 2.05) is 0 Å². The van der Waals surface area contributed by atoms with Crippen LogP contribution in [0, 0.1) is 20.2 Å². The Morgan fingerprint density at radius 1 is 1.12 bits per heavy atom. The van der Waals surface area contributed by atoms with Crippen LogP contribution in [-0.2, 0) is 0 Å². The van der Waals surface area contributed by atoms with E-state index in [1.54, 1.807) is 25.1 Å². The topological polar surface area (TPSA) is 116 Å². The number of Topliss-reactive ketones (excluding diaryl/α,β-unsaturated/α-hetero) is 1. The van der Waals surface area contributed by atoms with Gasteiger partial charge >= 0.3 is 0 Å². The lowest BCUT2D eigenvalue weighted by molar-refractivity contribution is -0.527. The van der Waals surface area contributed by atoms with Gasteiger partial charge in [-0.25, -0.2) is 0 Å². The molecule has 8 heteroatoms. The second-order valence-corrected chi connectivity index (χ2v) is 5.56. The molecular weight excluding hydrogens is 326 g/mol. The molecule has 0 spiro atoms. The van der Waals surface area contributed by atoms with Crippen molar-refractivity contribution in [2.75, 3.05) is 0 Å². The Bertz CT molecular complexity index is 762. The minimum atomic E-state index is -0.964. The molecule has 1 heterocycles. The van der Waals surface area contributed by atoms with Crippen LogP contribution in [0.2, 0.25) is 0 Å². The number of rotatable bonds is 8. The third kappa shape index (κ3) is 4.43. The number of carbonyl (C=O) groups is 1. The fraction of sp³-hybridized carbons (Fsp3) is 0.294. The normalized spacial score (nSPS) is 13.0. The van der Waals surface area contributed by atoms with Crippen molar-refractivity contribution >= 4 is 11.5 Å². The molecule has 0 saturated heterocycles. The van der Waals surface area contributed by atoms with Crippen LogP contribution in [0.3, 0.4) is 0 Å². The van der Waals surface area contributed by atoms with Gasteiger partial charge in [-0.05, 0) is 17.7 Å². The number of hydrogen-bond donors (Lipinski definition) is 0. The molecule has 130 valence electrons. The number of carbonyl (C=O) groups excluding carboxylic acids is 1. The monoisotopic (exact) mass is 343 g/mol. The van der Waals surface area contributed by atoms with Gasteiger partial charge in [-0.15, -0.1) is 0 Å². The summed E-state index contributed by atoms with van der Waals surface area (Å²) in [5.74, 6) is -0.987. The maximum Gasteiger partial charge on any atom is 0.269 e. The third-order valence-electron chi connectivity index (χ3n) is 4.04. The molecule has 0 radical (unpaired) electrons. The first-order chi connectivity index (χ1) is 11.9. The number of nitro groups is 2. The predicted octanol–water partition coefficient (Wildman–Crippen LogP) is 3.40. The lowest BCUT2D eigenvalue weighted by Gasteiger charge is -2.19. The highest BCUT2D eigenvalue weighted by Gasteiger charge is 2.33. The summed E-state index contributed by atoms with van der Waals surface area (Å²) in [6.07, 6.45) is 1.64. The van der Waals surface area contributed by atoms with Crippen LogP contribution in [-0.4, -0.2) is 26.7 Å². The molecule has 0 aliphatic rings. The predicted molar refractivity (Wildman–Crippen MR) is 90.1 cm³/mol. The summed E-state index contributed by atoms with van der Waals surface area (Å²) >= 11 is 0. The van der Waals surface area contributed by atoms with Crippen molar-refractivity contribution in [1.29, 1.82) is 0 Å². The zero-order chi connectivity index (χ0) is 18.4. The summed E-state index contributed by atoms with van der Waals surface area (Å²) in [6, 6.07) is 9.47. The van der Waals surface area contributed by atoms with E-state index in [0.717, 1.165) is 0 Å². The first-order valence-corrected chi connectivity index (χ1v) is 7.76. The van der Waals surface area contributed by atoms with Crippen LogP contribution in [0.25, 0.3) is 0 Å². The van der Waals surface area contributed by atoms with Crippen molar-refractivity contribution in [1.82, 2.24) is 4.98 Å². The Kier molecular flexibility index (Phi) is 5.89. The van der Waals surface area contributed by atoms with Crippen LogP contribution in [0.4, 0.5) is 5.69 Å². The van der Waals surface area contributed by atoms with Gasteiger partial charge in [0.25, 0.3) is 5.69 Å². The van der Waals surface area contributed by atoms with E-state index in [0.29, 0.717) is 5.56 Å². The summed E-state index contributed by atoms with van der Waals surface area (Å²) < 4.78 is 0.